The van der Waals surface area contributed by atoms with Crippen molar-refractivity contribution in [1.29, 1.82) is 0 Å². The molecule has 1 saturated heterocycles. The maximum absolute atomic E-state index is 14.7. The summed E-state index contributed by atoms with van der Waals surface area (Å²) in [5.74, 6) is -5.80. The van der Waals surface area contributed by atoms with Crippen LogP contribution in [-0.2, 0) is 65.6 Å². The molecule has 18 nitrogen and oxygen atoms in total. The highest BCUT2D eigenvalue weighted by atomic mass is 16.6. The molecule has 18 heteroatoms. The van der Waals surface area contributed by atoms with Gasteiger partial charge in [0.15, 0.2) is 11.6 Å². The molecule has 78 heavy (non-hydrogen) atoms. The third-order valence-electron chi connectivity index (χ3n) is 15.7. The molecular formula is C60H87N5O13. The Bertz CT molecular complexity index is 2360. The van der Waals surface area contributed by atoms with E-state index in [1.54, 1.807) is 48.0 Å². The van der Waals surface area contributed by atoms with Crippen molar-refractivity contribution in [2.45, 2.75) is 156 Å². The average molecular weight is 1090 g/mol. The predicted molar refractivity (Wildman–Crippen MR) is 296 cm³/mol. The molecule has 0 aromatic heterocycles. The van der Waals surface area contributed by atoms with Crippen molar-refractivity contribution in [2.24, 2.45) is 35.5 Å². The van der Waals surface area contributed by atoms with E-state index in [0.29, 0.717) is 69.3 Å². The molecule has 2 N–H and O–H groups in total. The number of likely N-dealkylation sites (N-methyl/N-ethyl adjacent to an activating group) is 2. The molecule has 2 aromatic rings. The van der Waals surface area contributed by atoms with E-state index < -0.39 is 60.1 Å². The van der Waals surface area contributed by atoms with Crippen molar-refractivity contribution in [3.05, 3.63) is 77.9 Å². The number of nitrogens with one attached hydrogen (secondary N) is 1. The molecule has 2 aliphatic rings. The van der Waals surface area contributed by atoms with E-state index in [4.69, 9.17) is 14.2 Å². The SMILES string of the molecule is CC[C@H](C)[C@@H]([C@@H](CC(=O)N1CCC[C@H]1[C@H](OC)[C@@H](C)C(=O)C[C@@H](Cc1ccccc1)C(=O)O)OC)N(C)C(=O)[C@@H](CC(=O)[C@H](C(C)C)N(C)C(=O)OCc1ccc(NCC(=O)CCCCCN2C(=O)C=CC2=O)cc1)C(C)C. The fourth-order valence-electron chi connectivity index (χ4n) is 10.9. The molecule has 9 atom stereocenters. The molecule has 0 spiro atoms. The summed E-state index contributed by atoms with van der Waals surface area (Å²) in [5.41, 5.74) is 2.22. The number of benzene rings is 2. The number of hydrogen-bond donors (Lipinski definition) is 2. The first-order chi connectivity index (χ1) is 37.0. The Balaban J connectivity index is 1.34. The molecule has 1 fully saturated rings. The molecule has 2 aromatic carbocycles. The summed E-state index contributed by atoms with van der Waals surface area (Å²) in [7, 11) is 6.22. The molecule has 430 valence electrons. The standard InChI is InChI=1S/C60H87N5O13/c1-12-40(6)56(51(76-10)35-54(71)64-31-19-23-48(64)57(77-11)41(7)49(67)33-44(59(73)74)32-42-20-15-13-16-21-42)62(8)58(72)47(38(2)3)34-50(68)55(39(4)5)63(9)60(75)78-37-43-24-26-45(27-25-43)61-36-46(66)22-17-14-18-30-65-52(69)28-29-53(65)70/h13,15-16,20-21,24-29,38-41,44,47-48,51,55-57,61H,12,14,17-19,22-23,30-37H2,1-11H3,(H,73,74)/t40-,41-,44+,47-,48-,51+,55-,56-,57+/m0/s1. The summed E-state index contributed by atoms with van der Waals surface area (Å²) < 4.78 is 17.7. The third-order valence-corrected chi connectivity index (χ3v) is 15.7. The lowest BCUT2D eigenvalue weighted by atomic mass is 9.83. The van der Waals surface area contributed by atoms with Crippen LogP contribution in [0.5, 0.6) is 0 Å². The van der Waals surface area contributed by atoms with E-state index in [1.807, 2.05) is 71.9 Å². The highest BCUT2D eigenvalue weighted by molar-refractivity contribution is 6.12. The van der Waals surface area contributed by atoms with Gasteiger partial charge in [-0.25, -0.2) is 4.79 Å². The summed E-state index contributed by atoms with van der Waals surface area (Å²) in [5, 5.41) is 13.1. The van der Waals surface area contributed by atoms with Crippen LogP contribution < -0.4 is 5.32 Å². The number of hydrogen-bond acceptors (Lipinski definition) is 13. The minimum atomic E-state index is -1.05. The molecule has 2 aliphatic heterocycles. The van der Waals surface area contributed by atoms with Crippen molar-refractivity contribution in [1.82, 2.24) is 19.6 Å². The lowest BCUT2D eigenvalue weighted by molar-refractivity contribution is -0.149. The van der Waals surface area contributed by atoms with Crippen LogP contribution in [0, 0.1) is 35.5 Å². The van der Waals surface area contributed by atoms with Gasteiger partial charge in [-0.15, -0.1) is 0 Å². The van der Waals surface area contributed by atoms with Crippen molar-refractivity contribution < 1.29 is 62.5 Å². The van der Waals surface area contributed by atoms with Crippen molar-refractivity contribution in [2.75, 3.05) is 53.3 Å². The molecule has 0 radical (unpaired) electrons. The number of ether oxygens (including phenoxy) is 3. The maximum atomic E-state index is 14.7. The Morgan fingerprint density at radius 1 is 0.769 bits per heavy atom. The number of rotatable bonds is 34. The zero-order chi connectivity index (χ0) is 57.8. The second kappa shape index (κ2) is 31.4. The van der Waals surface area contributed by atoms with Gasteiger partial charge in [0.25, 0.3) is 11.8 Å². The summed E-state index contributed by atoms with van der Waals surface area (Å²) in [4.78, 5) is 125. The molecule has 4 rings (SSSR count). The summed E-state index contributed by atoms with van der Waals surface area (Å²) in [6.07, 6.45) is 4.48. The molecule has 0 bridgehead atoms. The smallest absolute Gasteiger partial charge is 0.410 e. The lowest BCUT2D eigenvalue weighted by Crippen LogP contribution is -2.54. The van der Waals surface area contributed by atoms with Crippen LogP contribution in [0.25, 0.3) is 0 Å². The summed E-state index contributed by atoms with van der Waals surface area (Å²) >= 11 is 0. The van der Waals surface area contributed by atoms with Gasteiger partial charge in [0.1, 0.15) is 12.4 Å². The Hall–Kier alpha value is -6.27. The number of anilines is 1. The molecule has 5 amide bonds. The van der Waals surface area contributed by atoms with Gasteiger partial charge in [0.05, 0.1) is 49.2 Å². The Kier molecular flexibility index (Phi) is 25.8. The number of likely N-dealkylation sites (tertiary alicyclic amines) is 1. The van der Waals surface area contributed by atoms with Gasteiger partial charge in [-0.3, -0.25) is 43.3 Å². The number of aliphatic carboxylic acids is 1. The van der Waals surface area contributed by atoms with Gasteiger partial charge < -0.3 is 39.3 Å². The van der Waals surface area contributed by atoms with Crippen LogP contribution in [0.4, 0.5) is 10.5 Å². The van der Waals surface area contributed by atoms with Crippen LogP contribution in [0.2, 0.25) is 0 Å². The van der Waals surface area contributed by atoms with Gasteiger partial charge in [-0.1, -0.05) is 104 Å². The monoisotopic (exact) mass is 1090 g/mol. The van der Waals surface area contributed by atoms with E-state index in [1.165, 1.54) is 43.2 Å². The number of methoxy groups -OCH3 is 2. The van der Waals surface area contributed by atoms with Crippen molar-refractivity contribution in [3.8, 4) is 0 Å². The van der Waals surface area contributed by atoms with Crippen LogP contribution >= 0.6 is 0 Å². The lowest BCUT2D eigenvalue weighted by Gasteiger charge is -2.41. The number of nitrogens with zero attached hydrogens (tertiary/aromatic N) is 4. The number of amides is 5. The van der Waals surface area contributed by atoms with E-state index in [-0.39, 0.29) is 97.6 Å². The number of imide groups is 1. The zero-order valence-corrected chi connectivity index (χ0v) is 47.9. The predicted octanol–water partition coefficient (Wildman–Crippen LogP) is 7.80. The highest BCUT2D eigenvalue weighted by Crippen LogP contribution is 2.32. The fourth-order valence-corrected chi connectivity index (χ4v) is 10.9. The topological polar surface area (TPSA) is 227 Å². The van der Waals surface area contributed by atoms with Crippen LogP contribution in [0.15, 0.2) is 66.7 Å². The minimum absolute atomic E-state index is 0.0225. The normalized spacial score (nSPS) is 17.5. The first kappa shape index (κ1) is 64.3. The molecule has 0 aliphatic carbocycles. The molecule has 0 saturated carbocycles. The number of carboxylic acid groups (broad SMARTS) is 1. The Labute approximate surface area is 461 Å². The Morgan fingerprint density at radius 2 is 1.42 bits per heavy atom. The van der Waals surface area contributed by atoms with Crippen LogP contribution in [0.1, 0.15) is 124 Å². The highest BCUT2D eigenvalue weighted by Gasteiger charge is 2.44. The largest absolute Gasteiger partial charge is 0.481 e. The molecular weight excluding hydrogens is 999 g/mol. The Morgan fingerprint density at radius 3 is 2.00 bits per heavy atom. The maximum Gasteiger partial charge on any atom is 0.410 e. The number of carbonyl (C=O) groups excluding carboxylic acids is 8. The van der Waals surface area contributed by atoms with Crippen LogP contribution in [-0.4, -0.2) is 156 Å². The molecule has 0 unspecified atom stereocenters. The van der Waals surface area contributed by atoms with E-state index in [2.05, 4.69) is 5.32 Å². The number of carboxylic acids is 1. The first-order valence-electron chi connectivity index (χ1n) is 27.8. The minimum Gasteiger partial charge on any atom is -0.481 e. The van der Waals surface area contributed by atoms with Crippen LogP contribution in [0.3, 0.4) is 0 Å². The number of ketones is 3. The third kappa shape index (κ3) is 18.1. The molecule has 2 heterocycles. The zero-order valence-electron chi connectivity index (χ0n) is 47.9. The second-order valence-corrected chi connectivity index (χ2v) is 21.9. The number of unbranched alkanes of at least 4 members (excludes halogenated alkanes) is 2. The van der Waals surface area contributed by atoms with Crippen molar-refractivity contribution >= 4 is 58.7 Å². The van der Waals surface area contributed by atoms with Gasteiger partial charge in [-0.05, 0) is 73.1 Å². The van der Waals surface area contributed by atoms with Gasteiger partial charge >= 0.3 is 12.1 Å². The summed E-state index contributed by atoms with van der Waals surface area (Å²) in [6.45, 7) is 14.0. The number of Topliss-reactive ketones (excluding diaryl/α,β-unsaturated/α-hetero) is 3. The van der Waals surface area contributed by atoms with Gasteiger partial charge in [0.2, 0.25) is 11.8 Å². The van der Waals surface area contributed by atoms with Gasteiger partial charge in [0, 0.05) is 90.3 Å². The van der Waals surface area contributed by atoms with E-state index in [9.17, 15) is 48.3 Å². The summed E-state index contributed by atoms with van der Waals surface area (Å²) in [6, 6.07) is 14.4. The fraction of sp³-hybridized carbons (Fsp3) is 0.617. The second-order valence-electron chi connectivity index (χ2n) is 21.9. The van der Waals surface area contributed by atoms with Gasteiger partial charge in [-0.2, -0.15) is 0 Å². The quantitative estimate of drug-likeness (QED) is 0.0504. The number of carbonyl (C=O) groups is 9. The van der Waals surface area contributed by atoms with Crippen molar-refractivity contribution in [3.63, 3.8) is 0 Å². The average Bonchev–Trinajstić information content (AvgIpc) is 4.04. The van der Waals surface area contributed by atoms with E-state index in [0.717, 1.165) is 5.56 Å². The van der Waals surface area contributed by atoms with E-state index >= 15 is 0 Å². The first-order valence-corrected chi connectivity index (χ1v) is 27.8.